The average Bonchev–Trinajstić information content (AvgIpc) is 2.57. The van der Waals surface area contributed by atoms with Crippen LogP contribution in [0.15, 0.2) is 47.5 Å². The Balaban J connectivity index is 2.09. The summed E-state index contributed by atoms with van der Waals surface area (Å²) < 4.78 is 12.0. The first-order chi connectivity index (χ1) is 10.7. The maximum Gasteiger partial charge on any atom is 0.252 e. The zero-order chi connectivity index (χ0) is 15.5. The first kappa shape index (κ1) is 14.1. The summed E-state index contributed by atoms with van der Waals surface area (Å²) in [5.41, 5.74) is 1.41. The SMILES string of the molecule is COc1ccc(Cn2c(=O)ccc3c(OC)ncnc32)cc1. The molecule has 0 amide bonds. The number of ether oxygens (including phenoxy) is 2. The van der Waals surface area contributed by atoms with E-state index >= 15 is 0 Å². The van der Waals surface area contributed by atoms with Crippen molar-refractivity contribution >= 4 is 11.0 Å². The Labute approximate surface area is 127 Å². The molecule has 0 fully saturated rings. The summed E-state index contributed by atoms with van der Waals surface area (Å²) in [5.74, 6) is 1.23. The van der Waals surface area contributed by atoms with Gasteiger partial charge in [-0.25, -0.2) is 9.97 Å². The van der Waals surface area contributed by atoms with E-state index in [4.69, 9.17) is 9.47 Å². The van der Waals surface area contributed by atoms with Gasteiger partial charge in [-0.05, 0) is 23.8 Å². The molecule has 1 aromatic carbocycles. The van der Waals surface area contributed by atoms with Crippen molar-refractivity contribution in [3.63, 3.8) is 0 Å². The quantitative estimate of drug-likeness (QED) is 0.735. The summed E-state index contributed by atoms with van der Waals surface area (Å²) in [7, 11) is 3.16. The van der Waals surface area contributed by atoms with E-state index in [1.165, 1.54) is 12.4 Å². The van der Waals surface area contributed by atoms with Gasteiger partial charge < -0.3 is 9.47 Å². The van der Waals surface area contributed by atoms with Crippen LogP contribution in [0, 0.1) is 0 Å². The highest BCUT2D eigenvalue weighted by atomic mass is 16.5. The van der Waals surface area contributed by atoms with E-state index in [-0.39, 0.29) is 5.56 Å². The first-order valence-corrected chi connectivity index (χ1v) is 6.74. The lowest BCUT2D eigenvalue weighted by Gasteiger charge is -2.11. The van der Waals surface area contributed by atoms with E-state index in [1.54, 1.807) is 24.9 Å². The minimum Gasteiger partial charge on any atom is -0.497 e. The molecule has 3 rings (SSSR count). The molecule has 0 unspecified atom stereocenters. The van der Waals surface area contributed by atoms with E-state index < -0.39 is 0 Å². The largest absolute Gasteiger partial charge is 0.497 e. The summed E-state index contributed by atoms with van der Waals surface area (Å²) in [6.45, 7) is 0.417. The van der Waals surface area contributed by atoms with Gasteiger partial charge >= 0.3 is 0 Å². The molecule has 0 aliphatic heterocycles. The van der Waals surface area contributed by atoms with Crippen LogP contribution in [0.5, 0.6) is 11.6 Å². The van der Waals surface area contributed by atoms with Crippen LogP contribution in [0.25, 0.3) is 11.0 Å². The van der Waals surface area contributed by atoms with E-state index in [0.29, 0.717) is 23.5 Å². The molecular weight excluding hydrogens is 282 g/mol. The second kappa shape index (κ2) is 5.85. The van der Waals surface area contributed by atoms with Crippen LogP contribution in [0.2, 0.25) is 0 Å². The molecule has 0 atom stereocenters. The fourth-order valence-corrected chi connectivity index (χ4v) is 2.31. The number of benzene rings is 1. The Morgan fingerprint density at radius 3 is 2.45 bits per heavy atom. The average molecular weight is 297 g/mol. The number of methoxy groups -OCH3 is 2. The lowest BCUT2D eigenvalue weighted by Crippen LogP contribution is -2.21. The molecule has 0 radical (unpaired) electrons. The minimum absolute atomic E-state index is 0.121. The number of hydrogen-bond donors (Lipinski definition) is 0. The monoisotopic (exact) mass is 297 g/mol. The number of nitrogens with zero attached hydrogens (tertiary/aromatic N) is 3. The fraction of sp³-hybridized carbons (Fsp3) is 0.188. The van der Waals surface area contributed by atoms with Crippen LogP contribution in [-0.2, 0) is 6.54 Å². The highest BCUT2D eigenvalue weighted by molar-refractivity contribution is 5.80. The zero-order valence-electron chi connectivity index (χ0n) is 12.3. The van der Waals surface area contributed by atoms with Crippen molar-refractivity contribution in [1.82, 2.24) is 14.5 Å². The smallest absolute Gasteiger partial charge is 0.252 e. The normalized spacial score (nSPS) is 10.6. The van der Waals surface area contributed by atoms with Crippen molar-refractivity contribution in [2.75, 3.05) is 14.2 Å². The van der Waals surface area contributed by atoms with Crippen LogP contribution in [0.3, 0.4) is 0 Å². The van der Waals surface area contributed by atoms with Crippen molar-refractivity contribution in [3.8, 4) is 11.6 Å². The third-order valence-electron chi connectivity index (χ3n) is 3.43. The summed E-state index contributed by atoms with van der Waals surface area (Å²) in [6, 6.07) is 10.7. The third kappa shape index (κ3) is 2.50. The molecule has 0 bridgehead atoms. The van der Waals surface area contributed by atoms with Crippen molar-refractivity contribution in [1.29, 1.82) is 0 Å². The molecule has 0 aliphatic carbocycles. The number of fused-ring (bicyclic) bond motifs is 1. The summed E-state index contributed by atoms with van der Waals surface area (Å²) >= 11 is 0. The molecule has 2 heterocycles. The second-order valence-electron chi connectivity index (χ2n) is 4.73. The topological polar surface area (TPSA) is 66.2 Å². The maximum absolute atomic E-state index is 12.2. The molecule has 3 aromatic rings. The van der Waals surface area contributed by atoms with Gasteiger partial charge in [-0.2, -0.15) is 0 Å². The Hall–Kier alpha value is -2.89. The molecule has 6 nitrogen and oxygen atoms in total. The van der Waals surface area contributed by atoms with Crippen LogP contribution in [0.4, 0.5) is 0 Å². The van der Waals surface area contributed by atoms with Crippen molar-refractivity contribution in [2.45, 2.75) is 6.54 Å². The zero-order valence-corrected chi connectivity index (χ0v) is 12.3. The Bertz CT molecular complexity index is 857. The summed E-state index contributed by atoms with van der Waals surface area (Å²) in [4.78, 5) is 20.5. The van der Waals surface area contributed by atoms with Crippen molar-refractivity contribution in [3.05, 3.63) is 58.6 Å². The second-order valence-corrected chi connectivity index (χ2v) is 4.73. The number of rotatable bonds is 4. The van der Waals surface area contributed by atoms with Crippen LogP contribution < -0.4 is 15.0 Å². The maximum atomic E-state index is 12.2. The molecule has 112 valence electrons. The van der Waals surface area contributed by atoms with Gasteiger partial charge in [0.1, 0.15) is 17.7 Å². The van der Waals surface area contributed by atoms with Gasteiger partial charge in [-0.15, -0.1) is 0 Å². The molecule has 0 aliphatic rings. The van der Waals surface area contributed by atoms with Crippen LogP contribution in [0.1, 0.15) is 5.56 Å². The van der Waals surface area contributed by atoms with E-state index in [9.17, 15) is 4.79 Å². The molecule has 0 N–H and O–H groups in total. The predicted octanol–water partition coefficient (Wildman–Crippen LogP) is 1.86. The van der Waals surface area contributed by atoms with Crippen LogP contribution >= 0.6 is 0 Å². The van der Waals surface area contributed by atoms with Gasteiger partial charge in [0, 0.05) is 6.07 Å². The van der Waals surface area contributed by atoms with E-state index in [2.05, 4.69) is 9.97 Å². The number of pyridine rings is 1. The lowest BCUT2D eigenvalue weighted by molar-refractivity contribution is 0.402. The Morgan fingerprint density at radius 2 is 1.77 bits per heavy atom. The summed E-state index contributed by atoms with van der Waals surface area (Å²) in [5, 5.41) is 0.707. The molecule has 0 saturated carbocycles. The molecule has 2 aromatic heterocycles. The standard InChI is InChI=1S/C16H15N3O3/c1-21-12-5-3-11(4-6-12)9-19-14(20)8-7-13-15(19)17-10-18-16(13)22-2/h3-8,10H,9H2,1-2H3. The first-order valence-electron chi connectivity index (χ1n) is 6.74. The molecule has 0 saturated heterocycles. The van der Waals surface area contributed by atoms with Gasteiger partial charge in [-0.3, -0.25) is 9.36 Å². The van der Waals surface area contributed by atoms with Gasteiger partial charge in [0.15, 0.2) is 0 Å². The molecule has 22 heavy (non-hydrogen) atoms. The Morgan fingerprint density at radius 1 is 1.00 bits per heavy atom. The van der Waals surface area contributed by atoms with Gasteiger partial charge in [0.05, 0.1) is 26.2 Å². The number of aromatic nitrogens is 3. The van der Waals surface area contributed by atoms with Gasteiger partial charge in [-0.1, -0.05) is 12.1 Å². The van der Waals surface area contributed by atoms with Crippen LogP contribution in [-0.4, -0.2) is 28.8 Å². The minimum atomic E-state index is -0.121. The molecule has 6 heteroatoms. The van der Waals surface area contributed by atoms with E-state index in [0.717, 1.165) is 11.3 Å². The van der Waals surface area contributed by atoms with Gasteiger partial charge in [0.2, 0.25) is 5.88 Å². The van der Waals surface area contributed by atoms with Crippen molar-refractivity contribution in [2.24, 2.45) is 0 Å². The fourth-order valence-electron chi connectivity index (χ4n) is 2.31. The highest BCUT2D eigenvalue weighted by Gasteiger charge is 2.10. The van der Waals surface area contributed by atoms with E-state index in [1.807, 2.05) is 24.3 Å². The lowest BCUT2D eigenvalue weighted by atomic mass is 10.2. The third-order valence-corrected chi connectivity index (χ3v) is 3.43. The predicted molar refractivity (Wildman–Crippen MR) is 82.4 cm³/mol. The molecule has 0 spiro atoms. The molecular formula is C16H15N3O3. The highest BCUT2D eigenvalue weighted by Crippen LogP contribution is 2.20. The van der Waals surface area contributed by atoms with Gasteiger partial charge in [0.25, 0.3) is 5.56 Å². The van der Waals surface area contributed by atoms with Crippen molar-refractivity contribution < 1.29 is 9.47 Å². The number of hydrogen-bond acceptors (Lipinski definition) is 5. The summed E-state index contributed by atoms with van der Waals surface area (Å²) in [6.07, 6.45) is 1.39. The Kier molecular flexibility index (Phi) is 3.74.